The van der Waals surface area contributed by atoms with Crippen LogP contribution in [0.2, 0.25) is 0 Å². The standard InChI is InChI=1S/C29H39N5O7/c1-3-4-14-40-29(39)33-12-10-32(11-13-33)26(36)17-30-28(38)24-16-25(22-8-7-20(2)15-23(22)31-24)41-19-27(37)34-9-5-6-21(34)18-35/h7-8,15-16,21,35H,3-6,9-14,17-19H2,1-2H3,(H,30,38)/t21-/m1/s1. The van der Waals surface area contributed by atoms with E-state index in [1.54, 1.807) is 14.7 Å². The van der Waals surface area contributed by atoms with Gasteiger partial charge in [-0.1, -0.05) is 19.4 Å². The molecule has 222 valence electrons. The fourth-order valence-corrected chi connectivity index (χ4v) is 5.01. The Bertz CT molecular complexity index is 1260. The molecule has 2 aliphatic rings. The number of aliphatic hydroxyl groups is 1. The van der Waals surface area contributed by atoms with E-state index in [4.69, 9.17) is 9.47 Å². The topological polar surface area (TPSA) is 142 Å². The second-order valence-corrected chi connectivity index (χ2v) is 10.4. The monoisotopic (exact) mass is 569 g/mol. The van der Waals surface area contributed by atoms with Crippen LogP contribution in [0.3, 0.4) is 0 Å². The third-order valence-corrected chi connectivity index (χ3v) is 7.43. The minimum Gasteiger partial charge on any atom is -0.483 e. The number of fused-ring (bicyclic) bond motifs is 1. The van der Waals surface area contributed by atoms with Gasteiger partial charge in [0.2, 0.25) is 5.91 Å². The number of unbranched alkanes of at least 4 members (excludes halogenated alkanes) is 1. The summed E-state index contributed by atoms with van der Waals surface area (Å²) in [5, 5.41) is 12.8. The zero-order valence-electron chi connectivity index (χ0n) is 23.8. The Kier molecular flexibility index (Phi) is 10.3. The van der Waals surface area contributed by atoms with E-state index >= 15 is 0 Å². The number of rotatable bonds is 10. The molecule has 12 nitrogen and oxygen atoms in total. The van der Waals surface area contributed by atoms with Crippen LogP contribution in [0.1, 0.15) is 48.7 Å². The molecule has 2 aromatic rings. The molecule has 0 spiro atoms. The highest BCUT2D eigenvalue weighted by atomic mass is 16.6. The zero-order chi connectivity index (χ0) is 29.4. The normalized spacial score (nSPS) is 17.0. The molecule has 41 heavy (non-hydrogen) atoms. The van der Waals surface area contributed by atoms with Crippen molar-refractivity contribution in [1.82, 2.24) is 25.0 Å². The molecule has 0 aliphatic carbocycles. The molecule has 0 bridgehead atoms. The lowest BCUT2D eigenvalue weighted by Crippen LogP contribution is -2.52. The summed E-state index contributed by atoms with van der Waals surface area (Å²) in [4.78, 5) is 60.0. The molecule has 1 aromatic heterocycles. The van der Waals surface area contributed by atoms with Crippen LogP contribution in [0.15, 0.2) is 24.3 Å². The number of aliphatic hydroxyl groups excluding tert-OH is 1. The van der Waals surface area contributed by atoms with Crippen molar-refractivity contribution in [2.24, 2.45) is 0 Å². The quantitative estimate of drug-likeness (QED) is 0.412. The molecule has 0 unspecified atom stereocenters. The van der Waals surface area contributed by atoms with E-state index in [2.05, 4.69) is 10.3 Å². The summed E-state index contributed by atoms with van der Waals surface area (Å²) in [5.41, 5.74) is 1.53. The Labute approximate surface area is 239 Å². The maximum Gasteiger partial charge on any atom is 0.409 e. The number of aromatic nitrogens is 1. The largest absolute Gasteiger partial charge is 0.483 e. The van der Waals surface area contributed by atoms with Crippen molar-refractivity contribution in [3.63, 3.8) is 0 Å². The van der Waals surface area contributed by atoms with Crippen molar-refractivity contribution in [2.75, 3.05) is 59.1 Å². The van der Waals surface area contributed by atoms with Gasteiger partial charge in [0.1, 0.15) is 11.4 Å². The van der Waals surface area contributed by atoms with E-state index in [0.717, 1.165) is 31.2 Å². The van der Waals surface area contributed by atoms with Crippen molar-refractivity contribution >= 4 is 34.7 Å². The van der Waals surface area contributed by atoms with E-state index in [9.17, 15) is 24.3 Å². The molecule has 3 heterocycles. The van der Waals surface area contributed by atoms with Crippen molar-refractivity contribution in [1.29, 1.82) is 0 Å². The van der Waals surface area contributed by atoms with E-state index in [1.165, 1.54) is 6.07 Å². The molecule has 0 saturated carbocycles. The number of carbonyl (C=O) groups is 4. The number of piperazine rings is 1. The summed E-state index contributed by atoms with van der Waals surface area (Å²) in [6.07, 6.45) is 2.96. The number of aryl methyl sites for hydroxylation is 1. The molecule has 0 radical (unpaired) electrons. The van der Waals surface area contributed by atoms with Crippen LogP contribution in [0, 0.1) is 6.92 Å². The lowest BCUT2D eigenvalue weighted by Gasteiger charge is -2.34. The van der Waals surface area contributed by atoms with E-state index in [0.29, 0.717) is 56.0 Å². The maximum absolute atomic E-state index is 13.0. The number of ether oxygens (including phenoxy) is 2. The van der Waals surface area contributed by atoms with Crippen molar-refractivity contribution in [2.45, 2.75) is 45.6 Å². The van der Waals surface area contributed by atoms with Crippen LogP contribution >= 0.6 is 0 Å². The van der Waals surface area contributed by atoms with Crippen LogP contribution in [0.25, 0.3) is 10.9 Å². The Morgan fingerprint density at radius 3 is 2.54 bits per heavy atom. The summed E-state index contributed by atoms with van der Waals surface area (Å²) in [5.74, 6) is -0.706. The fraction of sp³-hybridized carbons (Fsp3) is 0.552. The highest BCUT2D eigenvalue weighted by Gasteiger charge is 2.29. The number of amides is 4. The second kappa shape index (κ2) is 14.1. The molecule has 2 aliphatic heterocycles. The van der Waals surface area contributed by atoms with Crippen molar-refractivity contribution in [3.05, 3.63) is 35.5 Å². The Morgan fingerprint density at radius 2 is 1.80 bits per heavy atom. The average molecular weight is 570 g/mol. The predicted octanol–water partition coefficient (Wildman–Crippen LogP) is 1.72. The second-order valence-electron chi connectivity index (χ2n) is 10.4. The number of likely N-dealkylation sites (tertiary alicyclic amines) is 1. The van der Waals surface area contributed by atoms with Gasteiger partial charge in [0, 0.05) is 44.2 Å². The lowest BCUT2D eigenvalue weighted by atomic mass is 10.1. The molecule has 2 N–H and O–H groups in total. The Morgan fingerprint density at radius 1 is 1.05 bits per heavy atom. The highest BCUT2D eigenvalue weighted by Crippen LogP contribution is 2.27. The van der Waals surface area contributed by atoms with E-state index < -0.39 is 5.91 Å². The first-order valence-corrected chi connectivity index (χ1v) is 14.2. The summed E-state index contributed by atoms with van der Waals surface area (Å²) >= 11 is 0. The Hall–Kier alpha value is -3.93. The van der Waals surface area contributed by atoms with Gasteiger partial charge in [0.15, 0.2) is 6.61 Å². The smallest absolute Gasteiger partial charge is 0.409 e. The number of hydrogen-bond acceptors (Lipinski definition) is 8. The van der Waals surface area contributed by atoms with Gasteiger partial charge in [-0.15, -0.1) is 0 Å². The number of nitrogens with one attached hydrogen (secondary N) is 1. The van der Waals surface area contributed by atoms with Gasteiger partial charge >= 0.3 is 6.09 Å². The van der Waals surface area contributed by atoms with Crippen molar-refractivity contribution < 1.29 is 33.8 Å². The minimum absolute atomic E-state index is 0.0624. The van der Waals surface area contributed by atoms with Gasteiger partial charge in [-0.25, -0.2) is 9.78 Å². The number of pyridine rings is 1. The molecule has 4 amide bonds. The number of carbonyl (C=O) groups excluding carboxylic acids is 4. The lowest BCUT2D eigenvalue weighted by molar-refractivity contribution is -0.135. The van der Waals surface area contributed by atoms with Crippen LogP contribution in [-0.2, 0) is 14.3 Å². The zero-order valence-corrected chi connectivity index (χ0v) is 23.8. The van der Waals surface area contributed by atoms with Crippen LogP contribution < -0.4 is 10.1 Å². The molecular weight excluding hydrogens is 530 g/mol. The van der Waals surface area contributed by atoms with Crippen LogP contribution in [0.5, 0.6) is 5.75 Å². The van der Waals surface area contributed by atoms with Gasteiger partial charge in [0.25, 0.3) is 11.8 Å². The number of benzene rings is 1. The maximum atomic E-state index is 13.0. The van der Waals surface area contributed by atoms with E-state index in [1.807, 2.05) is 32.0 Å². The SMILES string of the molecule is CCCCOC(=O)N1CCN(C(=O)CNC(=O)c2cc(OCC(=O)N3CCC[C@@H]3CO)c3ccc(C)cc3n2)CC1. The van der Waals surface area contributed by atoms with Crippen LogP contribution in [-0.4, -0.2) is 114 Å². The summed E-state index contributed by atoms with van der Waals surface area (Å²) < 4.78 is 11.1. The molecule has 12 heteroatoms. The predicted molar refractivity (Wildman–Crippen MR) is 151 cm³/mol. The van der Waals surface area contributed by atoms with E-state index in [-0.39, 0.29) is 49.4 Å². The van der Waals surface area contributed by atoms with Gasteiger partial charge < -0.3 is 34.6 Å². The first-order valence-electron chi connectivity index (χ1n) is 14.2. The number of nitrogens with zero attached hydrogens (tertiary/aromatic N) is 4. The Balaban J connectivity index is 1.35. The third kappa shape index (κ3) is 7.63. The molecule has 1 aromatic carbocycles. The molecule has 2 saturated heterocycles. The van der Waals surface area contributed by atoms with Gasteiger partial charge in [-0.05, 0) is 43.9 Å². The molecule has 4 rings (SSSR count). The van der Waals surface area contributed by atoms with Gasteiger partial charge in [-0.2, -0.15) is 0 Å². The van der Waals surface area contributed by atoms with Gasteiger partial charge in [0.05, 0.1) is 31.3 Å². The first-order chi connectivity index (χ1) is 19.8. The summed E-state index contributed by atoms with van der Waals surface area (Å²) in [6, 6.07) is 6.81. The highest BCUT2D eigenvalue weighted by molar-refractivity contribution is 5.98. The molecular formula is C29H39N5O7. The summed E-state index contributed by atoms with van der Waals surface area (Å²) in [6.45, 7) is 5.78. The molecule has 1 atom stereocenters. The van der Waals surface area contributed by atoms with Crippen molar-refractivity contribution in [3.8, 4) is 5.75 Å². The average Bonchev–Trinajstić information content (AvgIpc) is 3.47. The fourth-order valence-electron chi connectivity index (χ4n) is 5.01. The number of hydrogen-bond donors (Lipinski definition) is 2. The third-order valence-electron chi connectivity index (χ3n) is 7.43. The van der Waals surface area contributed by atoms with Crippen LogP contribution in [0.4, 0.5) is 4.79 Å². The van der Waals surface area contributed by atoms with Gasteiger partial charge in [-0.3, -0.25) is 14.4 Å². The molecule has 2 fully saturated rings. The first kappa shape index (κ1) is 30.0. The summed E-state index contributed by atoms with van der Waals surface area (Å²) in [7, 11) is 0. The minimum atomic E-state index is -0.545.